The van der Waals surface area contributed by atoms with Gasteiger partial charge in [0.25, 0.3) is 0 Å². The Kier molecular flexibility index (Phi) is 3.93. The maximum atomic E-state index is 9.57. The lowest BCUT2D eigenvalue weighted by Crippen LogP contribution is -1.97. The van der Waals surface area contributed by atoms with Crippen LogP contribution in [0.25, 0.3) is 0 Å². The van der Waals surface area contributed by atoms with Gasteiger partial charge in [0, 0.05) is 4.47 Å². The highest BCUT2D eigenvalue weighted by atomic mass is 79.9. The van der Waals surface area contributed by atoms with E-state index in [0.717, 1.165) is 4.47 Å². The van der Waals surface area contributed by atoms with Gasteiger partial charge in [0.15, 0.2) is 0 Å². The Morgan fingerprint density at radius 1 is 1.64 bits per heavy atom. The molecule has 1 aromatic rings. The molecule has 1 aromatic carbocycles. The molecule has 1 unspecified atom stereocenters. The van der Waals surface area contributed by atoms with Crippen molar-refractivity contribution >= 4 is 15.9 Å². The summed E-state index contributed by atoms with van der Waals surface area (Å²) in [5, 5.41) is 18.0. The van der Waals surface area contributed by atoms with Crippen molar-refractivity contribution in [3.63, 3.8) is 0 Å². The predicted octanol–water partition coefficient (Wildman–Crippen LogP) is 2.40. The Balaban J connectivity index is 2.94. The Hall–Kier alpha value is -1.05. The molecule has 0 fully saturated rings. The van der Waals surface area contributed by atoms with Crippen LogP contribution in [0.5, 0.6) is 5.75 Å². The fourth-order valence-corrected chi connectivity index (χ4v) is 1.72. The fraction of sp³-hybridized carbons (Fsp3) is 0.300. The van der Waals surface area contributed by atoms with Crippen LogP contribution < -0.4 is 4.74 Å². The van der Waals surface area contributed by atoms with Crippen molar-refractivity contribution in [2.75, 3.05) is 7.11 Å². The number of nitrogens with zero attached hydrogens (tertiary/aromatic N) is 1. The van der Waals surface area contributed by atoms with Crippen molar-refractivity contribution in [3.05, 3.63) is 28.2 Å². The summed E-state index contributed by atoms with van der Waals surface area (Å²) in [5.41, 5.74) is 0.701. The first-order valence-electron chi connectivity index (χ1n) is 4.07. The molecule has 4 heteroatoms. The molecule has 0 aliphatic heterocycles. The van der Waals surface area contributed by atoms with E-state index in [9.17, 15) is 5.11 Å². The second kappa shape index (κ2) is 4.99. The van der Waals surface area contributed by atoms with Crippen molar-refractivity contribution in [1.82, 2.24) is 0 Å². The topological polar surface area (TPSA) is 53.2 Å². The number of rotatable bonds is 3. The van der Waals surface area contributed by atoms with Gasteiger partial charge in [-0.05, 0) is 17.7 Å². The van der Waals surface area contributed by atoms with E-state index in [1.54, 1.807) is 25.3 Å². The fourth-order valence-electron chi connectivity index (χ4n) is 1.10. The van der Waals surface area contributed by atoms with E-state index < -0.39 is 6.10 Å². The maximum absolute atomic E-state index is 9.57. The molecule has 0 aliphatic rings. The summed E-state index contributed by atoms with van der Waals surface area (Å²) in [4.78, 5) is 0. The van der Waals surface area contributed by atoms with Crippen LogP contribution in [-0.4, -0.2) is 12.2 Å². The zero-order chi connectivity index (χ0) is 10.6. The maximum Gasteiger partial charge on any atom is 0.120 e. The first-order valence-corrected chi connectivity index (χ1v) is 4.86. The Bertz CT molecular complexity index is 360. The molecular formula is C10H10BrNO2. The second-order valence-corrected chi connectivity index (χ2v) is 3.62. The molecule has 0 aromatic heterocycles. The predicted molar refractivity (Wildman–Crippen MR) is 55.9 cm³/mol. The summed E-state index contributed by atoms with van der Waals surface area (Å²) >= 11 is 3.31. The van der Waals surface area contributed by atoms with Gasteiger partial charge in [0.05, 0.1) is 25.7 Å². The molecule has 0 heterocycles. The monoisotopic (exact) mass is 255 g/mol. The normalized spacial score (nSPS) is 11.9. The van der Waals surface area contributed by atoms with Crippen LogP contribution in [-0.2, 0) is 0 Å². The molecule has 0 aliphatic carbocycles. The van der Waals surface area contributed by atoms with E-state index >= 15 is 0 Å². The third-order valence-corrected chi connectivity index (χ3v) is 2.54. The van der Waals surface area contributed by atoms with Gasteiger partial charge in [-0.1, -0.05) is 22.0 Å². The van der Waals surface area contributed by atoms with Gasteiger partial charge in [-0.2, -0.15) is 5.26 Å². The molecule has 1 rings (SSSR count). The van der Waals surface area contributed by atoms with Crippen LogP contribution in [0.2, 0.25) is 0 Å². The molecule has 0 radical (unpaired) electrons. The highest BCUT2D eigenvalue weighted by Crippen LogP contribution is 2.28. The van der Waals surface area contributed by atoms with Crippen LogP contribution >= 0.6 is 15.9 Å². The molecule has 0 saturated heterocycles. The average molecular weight is 256 g/mol. The number of benzene rings is 1. The standard InChI is InChI=1S/C10H10BrNO2/c1-14-7-2-3-8(9(11)6-7)10(13)4-5-12/h2-3,6,10,13H,4H2,1H3. The Morgan fingerprint density at radius 3 is 2.86 bits per heavy atom. The molecule has 74 valence electrons. The van der Waals surface area contributed by atoms with Crippen LogP contribution in [0.1, 0.15) is 18.1 Å². The van der Waals surface area contributed by atoms with Gasteiger partial charge in [-0.15, -0.1) is 0 Å². The number of halogens is 1. The van der Waals surface area contributed by atoms with E-state index in [1.165, 1.54) is 0 Å². The van der Waals surface area contributed by atoms with Gasteiger partial charge in [0.2, 0.25) is 0 Å². The highest BCUT2D eigenvalue weighted by molar-refractivity contribution is 9.10. The number of nitriles is 1. The second-order valence-electron chi connectivity index (χ2n) is 2.77. The van der Waals surface area contributed by atoms with Gasteiger partial charge in [0.1, 0.15) is 5.75 Å². The smallest absolute Gasteiger partial charge is 0.120 e. The highest BCUT2D eigenvalue weighted by Gasteiger charge is 2.11. The van der Waals surface area contributed by atoms with Gasteiger partial charge in [-0.25, -0.2) is 0 Å². The minimum absolute atomic E-state index is 0.0882. The molecule has 0 bridgehead atoms. The molecule has 1 N–H and O–H groups in total. The zero-order valence-electron chi connectivity index (χ0n) is 7.70. The summed E-state index contributed by atoms with van der Waals surface area (Å²) in [6, 6.07) is 7.17. The van der Waals surface area contributed by atoms with Crippen molar-refractivity contribution in [2.45, 2.75) is 12.5 Å². The van der Waals surface area contributed by atoms with Gasteiger partial charge < -0.3 is 9.84 Å². The Morgan fingerprint density at radius 2 is 2.36 bits per heavy atom. The van der Waals surface area contributed by atoms with E-state index in [2.05, 4.69) is 15.9 Å². The van der Waals surface area contributed by atoms with Crippen LogP contribution in [0, 0.1) is 11.3 Å². The summed E-state index contributed by atoms with van der Waals surface area (Å²) in [6.45, 7) is 0. The number of aliphatic hydroxyl groups is 1. The van der Waals surface area contributed by atoms with Crippen LogP contribution in [0.15, 0.2) is 22.7 Å². The summed E-state index contributed by atoms with van der Waals surface area (Å²) in [7, 11) is 1.58. The average Bonchev–Trinajstić information content (AvgIpc) is 2.17. The molecule has 1 atom stereocenters. The van der Waals surface area contributed by atoms with E-state index in [4.69, 9.17) is 10.00 Å². The van der Waals surface area contributed by atoms with Gasteiger partial charge >= 0.3 is 0 Å². The largest absolute Gasteiger partial charge is 0.497 e. The first-order chi connectivity index (χ1) is 6.69. The molecule has 14 heavy (non-hydrogen) atoms. The van der Waals surface area contributed by atoms with Crippen molar-refractivity contribution in [3.8, 4) is 11.8 Å². The van der Waals surface area contributed by atoms with E-state index in [-0.39, 0.29) is 6.42 Å². The lowest BCUT2D eigenvalue weighted by Gasteiger charge is -2.10. The molecule has 3 nitrogen and oxygen atoms in total. The number of methoxy groups -OCH3 is 1. The van der Waals surface area contributed by atoms with Crippen molar-refractivity contribution in [2.24, 2.45) is 0 Å². The molecule has 0 saturated carbocycles. The molecular weight excluding hydrogens is 246 g/mol. The summed E-state index contributed by atoms with van der Waals surface area (Å²) in [6.07, 6.45) is -0.662. The Labute approximate surface area is 91.1 Å². The van der Waals surface area contributed by atoms with Crippen LogP contribution in [0.3, 0.4) is 0 Å². The SMILES string of the molecule is COc1ccc(C(O)CC#N)c(Br)c1. The van der Waals surface area contributed by atoms with E-state index in [1.807, 2.05) is 6.07 Å². The summed E-state index contributed by atoms with van der Waals surface area (Å²) in [5.74, 6) is 0.713. The number of hydrogen-bond acceptors (Lipinski definition) is 3. The first kappa shape index (κ1) is 11.0. The number of aliphatic hydroxyl groups excluding tert-OH is 1. The molecule has 0 spiro atoms. The van der Waals surface area contributed by atoms with Gasteiger partial charge in [-0.3, -0.25) is 0 Å². The lowest BCUT2D eigenvalue weighted by molar-refractivity contribution is 0.182. The van der Waals surface area contributed by atoms with Crippen molar-refractivity contribution < 1.29 is 9.84 Å². The molecule has 0 amide bonds. The number of hydrogen-bond donors (Lipinski definition) is 1. The summed E-state index contributed by atoms with van der Waals surface area (Å²) < 4.78 is 5.76. The third-order valence-electron chi connectivity index (χ3n) is 1.85. The van der Waals surface area contributed by atoms with Crippen molar-refractivity contribution in [1.29, 1.82) is 5.26 Å². The number of ether oxygens (including phenoxy) is 1. The third kappa shape index (κ3) is 2.47. The minimum atomic E-state index is -0.750. The quantitative estimate of drug-likeness (QED) is 0.903. The lowest BCUT2D eigenvalue weighted by atomic mass is 10.1. The van der Waals surface area contributed by atoms with E-state index in [0.29, 0.717) is 11.3 Å². The van der Waals surface area contributed by atoms with Crippen LogP contribution in [0.4, 0.5) is 0 Å². The minimum Gasteiger partial charge on any atom is -0.497 e. The zero-order valence-corrected chi connectivity index (χ0v) is 9.28.